The molecule has 0 radical (unpaired) electrons. The van der Waals surface area contributed by atoms with E-state index in [1.165, 1.54) is 18.2 Å². The van der Waals surface area contributed by atoms with E-state index in [2.05, 4.69) is 26.6 Å². The number of aliphatic hydroxyl groups is 1. The first-order valence-corrected chi connectivity index (χ1v) is 6.81. The molecule has 5 nitrogen and oxygen atoms in total. The maximum atomic E-state index is 12.9. The van der Waals surface area contributed by atoms with Crippen LogP contribution in [0.25, 0.3) is 0 Å². The van der Waals surface area contributed by atoms with Crippen LogP contribution in [0.15, 0.2) is 22.7 Å². The molecule has 0 aliphatic rings. The number of halogens is 2. The number of hydrogen-bond donors (Lipinski definition) is 3. The third-order valence-electron chi connectivity index (χ3n) is 2.78. The smallest absolute Gasteiger partial charge is 0.313 e. The van der Waals surface area contributed by atoms with E-state index in [0.29, 0.717) is 10.9 Å². The average Bonchev–Trinajstić information content (AvgIpc) is 2.39. The van der Waals surface area contributed by atoms with Crippen molar-refractivity contribution in [2.24, 2.45) is 0 Å². The summed E-state index contributed by atoms with van der Waals surface area (Å²) < 4.78 is 13.2. The van der Waals surface area contributed by atoms with E-state index in [1.807, 2.05) is 0 Å². The van der Waals surface area contributed by atoms with Crippen molar-refractivity contribution in [1.29, 1.82) is 0 Å². The Morgan fingerprint density at radius 1 is 1.40 bits per heavy atom. The summed E-state index contributed by atoms with van der Waals surface area (Å²) in [6, 6.07) is 3.68. The van der Waals surface area contributed by atoms with E-state index in [-0.39, 0.29) is 12.2 Å². The number of hydrogen-bond acceptors (Lipinski definition) is 3. The van der Waals surface area contributed by atoms with Crippen LogP contribution in [0.1, 0.15) is 20.3 Å². The number of benzene rings is 1. The molecule has 110 valence electrons. The molecule has 0 spiro atoms. The SMILES string of the molecule is CC[C@@](C)(O)CNC(=O)C(=O)Nc1ccc(F)cc1Br. The van der Waals surface area contributed by atoms with Crippen LogP contribution in [0.4, 0.5) is 10.1 Å². The molecule has 1 aromatic rings. The van der Waals surface area contributed by atoms with Crippen LogP contribution in [-0.2, 0) is 9.59 Å². The molecule has 0 unspecified atom stereocenters. The Kier molecular flexibility index (Phi) is 5.64. The van der Waals surface area contributed by atoms with E-state index < -0.39 is 23.2 Å². The van der Waals surface area contributed by atoms with Crippen molar-refractivity contribution in [2.45, 2.75) is 25.9 Å². The monoisotopic (exact) mass is 346 g/mol. The molecule has 1 atom stereocenters. The Bertz CT molecular complexity index is 520. The van der Waals surface area contributed by atoms with E-state index in [0.717, 1.165) is 0 Å². The van der Waals surface area contributed by atoms with Crippen LogP contribution in [0, 0.1) is 5.82 Å². The Hall–Kier alpha value is -1.47. The number of amides is 2. The Morgan fingerprint density at radius 3 is 2.60 bits per heavy atom. The van der Waals surface area contributed by atoms with Crippen LogP contribution in [0.5, 0.6) is 0 Å². The fourth-order valence-electron chi connectivity index (χ4n) is 1.25. The van der Waals surface area contributed by atoms with Gasteiger partial charge in [0.2, 0.25) is 0 Å². The lowest BCUT2D eigenvalue weighted by atomic mass is 10.0. The molecule has 0 heterocycles. The van der Waals surface area contributed by atoms with Crippen molar-refractivity contribution in [2.75, 3.05) is 11.9 Å². The third kappa shape index (κ3) is 4.90. The van der Waals surface area contributed by atoms with Crippen molar-refractivity contribution in [1.82, 2.24) is 5.32 Å². The normalized spacial score (nSPS) is 13.4. The standard InChI is InChI=1S/C13H16BrFN2O3/c1-3-13(2,20)7-16-11(18)12(19)17-10-5-4-8(15)6-9(10)14/h4-6,20H,3,7H2,1-2H3,(H,16,18)(H,17,19)/t13-/m1/s1. The number of rotatable bonds is 4. The summed E-state index contributed by atoms with van der Waals surface area (Å²) in [7, 11) is 0. The zero-order valence-electron chi connectivity index (χ0n) is 11.2. The lowest BCUT2D eigenvalue weighted by molar-refractivity contribution is -0.136. The fraction of sp³-hybridized carbons (Fsp3) is 0.385. The molecule has 0 fully saturated rings. The van der Waals surface area contributed by atoms with E-state index in [4.69, 9.17) is 0 Å². The molecule has 0 bridgehead atoms. The lowest BCUT2D eigenvalue weighted by Gasteiger charge is -2.21. The predicted molar refractivity (Wildman–Crippen MR) is 76.7 cm³/mol. The second-order valence-electron chi connectivity index (χ2n) is 4.61. The second-order valence-corrected chi connectivity index (χ2v) is 5.47. The molecular weight excluding hydrogens is 331 g/mol. The molecule has 7 heteroatoms. The van der Waals surface area contributed by atoms with Crippen LogP contribution in [0.3, 0.4) is 0 Å². The first-order valence-electron chi connectivity index (χ1n) is 6.02. The molecule has 1 aromatic carbocycles. The Labute approximate surface area is 124 Å². The van der Waals surface area contributed by atoms with Gasteiger partial charge in [-0.15, -0.1) is 0 Å². The quantitative estimate of drug-likeness (QED) is 0.727. The Balaban J connectivity index is 2.60. The largest absolute Gasteiger partial charge is 0.388 e. The van der Waals surface area contributed by atoms with E-state index in [9.17, 15) is 19.1 Å². The van der Waals surface area contributed by atoms with Gasteiger partial charge in [0, 0.05) is 11.0 Å². The van der Waals surface area contributed by atoms with Crippen molar-refractivity contribution in [3.05, 3.63) is 28.5 Å². The number of carbonyl (C=O) groups is 2. The van der Waals surface area contributed by atoms with E-state index in [1.54, 1.807) is 13.8 Å². The van der Waals surface area contributed by atoms with Gasteiger partial charge in [0.1, 0.15) is 5.82 Å². The van der Waals surface area contributed by atoms with Crippen molar-refractivity contribution >= 4 is 33.4 Å². The fourth-order valence-corrected chi connectivity index (χ4v) is 1.70. The molecule has 0 aliphatic heterocycles. The van der Waals surface area contributed by atoms with Gasteiger partial charge < -0.3 is 15.7 Å². The number of nitrogens with one attached hydrogen (secondary N) is 2. The molecule has 2 amide bonds. The van der Waals surface area contributed by atoms with Gasteiger partial charge >= 0.3 is 11.8 Å². The number of carbonyl (C=O) groups excluding carboxylic acids is 2. The summed E-state index contributed by atoms with van der Waals surface area (Å²) in [5.74, 6) is -2.21. The first kappa shape index (κ1) is 16.6. The zero-order valence-corrected chi connectivity index (χ0v) is 12.8. The topological polar surface area (TPSA) is 78.4 Å². The summed E-state index contributed by atoms with van der Waals surface area (Å²) in [5, 5.41) is 14.4. The lowest BCUT2D eigenvalue weighted by Crippen LogP contribution is -2.44. The molecule has 1 rings (SSSR count). The molecule has 0 aliphatic carbocycles. The highest BCUT2D eigenvalue weighted by atomic mass is 79.9. The zero-order chi connectivity index (χ0) is 15.3. The van der Waals surface area contributed by atoms with Gasteiger partial charge in [0.25, 0.3) is 0 Å². The summed E-state index contributed by atoms with van der Waals surface area (Å²) in [5.41, 5.74) is -0.777. The third-order valence-corrected chi connectivity index (χ3v) is 3.43. The van der Waals surface area contributed by atoms with E-state index >= 15 is 0 Å². The summed E-state index contributed by atoms with van der Waals surface area (Å²) in [4.78, 5) is 23.2. The first-order chi connectivity index (χ1) is 9.25. The van der Waals surface area contributed by atoms with Crippen LogP contribution in [0.2, 0.25) is 0 Å². The van der Waals surface area contributed by atoms with Crippen LogP contribution >= 0.6 is 15.9 Å². The molecule has 20 heavy (non-hydrogen) atoms. The van der Waals surface area contributed by atoms with Crippen LogP contribution < -0.4 is 10.6 Å². The second kappa shape index (κ2) is 6.81. The van der Waals surface area contributed by atoms with Gasteiger partial charge in [-0.2, -0.15) is 0 Å². The maximum absolute atomic E-state index is 12.9. The molecule has 3 N–H and O–H groups in total. The van der Waals surface area contributed by atoms with Gasteiger partial charge in [-0.1, -0.05) is 6.92 Å². The van der Waals surface area contributed by atoms with Crippen molar-refractivity contribution in [3.63, 3.8) is 0 Å². The summed E-state index contributed by atoms with van der Waals surface area (Å²) in [6.07, 6.45) is 0.443. The highest BCUT2D eigenvalue weighted by Gasteiger charge is 2.21. The van der Waals surface area contributed by atoms with Crippen LogP contribution in [-0.4, -0.2) is 29.1 Å². The van der Waals surface area contributed by atoms with Gasteiger partial charge in [0.15, 0.2) is 0 Å². The Morgan fingerprint density at radius 2 is 2.05 bits per heavy atom. The van der Waals surface area contributed by atoms with Gasteiger partial charge in [0.05, 0.1) is 11.3 Å². The minimum Gasteiger partial charge on any atom is -0.388 e. The van der Waals surface area contributed by atoms with Gasteiger partial charge in [-0.05, 0) is 47.5 Å². The molecular formula is C13H16BrFN2O3. The number of anilines is 1. The molecule has 0 saturated carbocycles. The highest BCUT2D eigenvalue weighted by molar-refractivity contribution is 9.10. The summed E-state index contributed by atoms with van der Waals surface area (Å²) in [6.45, 7) is 3.30. The van der Waals surface area contributed by atoms with Crippen molar-refractivity contribution in [3.8, 4) is 0 Å². The van der Waals surface area contributed by atoms with Gasteiger partial charge in [-0.25, -0.2) is 4.39 Å². The summed E-state index contributed by atoms with van der Waals surface area (Å²) >= 11 is 3.08. The average molecular weight is 347 g/mol. The molecule has 0 aromatic heterocycles. The molecule has 0 saturated heterocycles. The minimum absolute atomic E-state index is 0.0274. The highest BCUT2D eigenvalue weighted by Crippen LogP contribution is 2.22. The minimum atomic E-state index is -1.06. The predicted octanol–water partition coefficient (Wildman–Crippen LogP) is 1.80. The maximum Gasteiger partial charge on any atom is 0.313 e. The van der Waals surface area contributed by atoms with Gasteiger partial charge in [-0.3, -0.25) is 9.59 Å². The van der Waals surface area contributed by atoms with Crippen molar-refractivity contribution < 1.29 is 19.1 Å².